The molecule has 1 atom stereocenters. The first-order valence-electron chi connectivity index (χ1n) is 6.97. The summed E-state index contributed by atoms with van der Waals surface area (Å²) in [5.74, 6) is 0. The number of aromatic nitrogens is 2. The van der Waals surface area contributed by atoms with E-state index in [2.05, 4.69) is 23.4 Å². The molecule has 102 valence electrons. The standard InChI is InChI=1S/C14H25N3O/c1-4-15-13(14(18-3)9-5-10-14)7-6-12-8-11-16-17(12)2/h8,11,13,15H,4-7,9-10H2,1-3H3. The number of likely N-dealkylation sites (N-methyl/N-ethyl adjacent to an activating group) is 1. The molecule has 0 radical (unpaired) electrons. The predicted molar refractivity (Wildman–Crippen MR) is 72.6 cm³/mol. The van der Waals surface area contributed by atoms with Gasteiger partial charge in [0.2, 0.25) is 0 Å². The second kappa shape index (κ2) is 5.85. The van der Waals surface area contributed by atoms with E-state index in [0.29, 0.717) is 6.04 Å². The lowest BCUT2D eigenvalue weighted by atomic mass is 9.73. The molecule has 0 bridgehead atoms. The fourth-order valence-corrected chi connectivity index (χ4v) is 2.96. The van der Waals surface area contributed by atoms with Crippen LogP contribution in [0.3, 0.4) is 0 Å². The molecule has 1 fully saturated rings. The molecule has 4 heteroatoms. The van der Waals surface area contributed by atoms with Gasteiger partial charge < -0.3 is 10.1 Å². The normalized spacial score (nSPS) is 19.5. The molecule has 0 spiro atoms. The summed E-state index contributed by atoms with van der Waals surface area (Å²) in [4.78, 5) is 0. The average Bonchev–Trinajstić information content (AvgIpc) is 2.71. The van der Waals surface area contributed by atoms with Gasteiger partial charge in [0.15, 0.2) is 0 Å². The lowest BCUT2D eigenvalue weighted by Gasteiger charge is -2.47. The van der Waals surface area contributed by atoms with Gasteiger partial charge in [-0.3, -0.25) is 4.68 Å². The van der Waals surface area contributed by atoms with Gasteiger partial charge in [0, 0.05) is 32.1 Å². The smallest absolute Gasteiger partial charge is 0.0831 e. The van der Waals surface area contributed by atoms with E-state index in [0.717, 1.165) is 19.4 Å². The molecular formula is C14H25N3O. The zero-order chi connectivity index (χ0) is 13.0. The lowest BCUT2D eigenvalue weighted by Crippen LogP contribution is -2.56. The maximum Gasteiger partial charge on any atom is 0.0831 e. The van der Waals surface area contributed by atoms with Crippen molar-refractivity contribution >= 4 is 0 Å². The Morgan fingerprint density at radius 3 is 2.78 bits per heavy atom. The Morgan fingerprint density at radius 2 is 2.33 bits per heavy atom. The lowest BCUT2D eigenvalue weighted by molar-refractivity contribution is -0.0996. The van der Waals surface area contributed by atoms with Crippen LogP contribution in [0.1, 0.15) is 38.3 Å². The van der Waals surface area contributed by atoms with Crippen molar-refractivity contribution < 1.29 is 4.74 Å². The molecule has 1 N–H and O–H groups in total. The van der Waals surface area contributed by atoms with Crippen LogP contribution < -0.4 is 5.32 Å². The van der Waals surface area contributed by atoms with Gasteiger partial charge in [-0.25, -0.2) is 0 Å². The highest BCUT2D eigenvalue weighted by Gasteiger charge is 2.43. The minimum atomic E-state index is 0.0780. The number of ether oxygens (including phenoxy) is 1. The van der Waals surface area contributed by atoms with Crippen molar-refractivity contribution in [3.8, 4) is 0 Å². The van der Waals surface area contributed by atoms with Crippen molar-refractivity contribution in [3.05, 3.63) is 18.0 Å². The highest BCUT2D eigenvalue weighted by Crippen LogP contribution is 2.39. The molecule has 1 aromatic heterocycles. The van der Waals surface area contributed by atoms with Crippen molar-refractivity contribution in [2.75, 3.05) is 13.7 Å². The maximum absolute atomic E-state index is 5.80. The minimum Gasteiger partial charge on any atom is -0.377 e. The molecule has 18 heavy (non-hydrogen) atoms. The summed E-state index contributed by atoms with van der Waals surface area (Å²) in [6.07, 6.45) is 7.70. The Hall–Kier alpha value is -0.870. The summed E-state index contributed by atoms with van der Waals surface area (Å²) in [5, 5.41) is 7.83. The first kappa shape index (κ1) is 13.6. The van der Waals surface area contributed by atoms with Crippen LogP contribution in [-0.4, -0.2) is 35.1 Å². The first-order chi connectivity index (χ1) is 8.72. The van der Waals surface area contributed by atoms with Crippen molar-refractivity contribution in [1.29, 1.82) is 0 Å². The average molecular weight is 251 g/mol. The number of rotatable bonds is 7. The summed E-state index contributed by atoms with van der Waals surface area (Å²) >= 11 is 0. The monoisotopic (exact) mass is 251 g/mol. The third-order valence-electron chi connectivity index (χ3n) is 4.30. The number of hydrogen-bond donors (Lipinski definition) is 1. The van der Waals surface area contributed by atoms with Gasteiger partial charge in [-0.05, 0) is 44.7 Å². The molecule has 1 unspecified atom stereocenters. The summed E-state index contributed by atoms with van der Waals surface area (Å²) < 4.78 is 7.77. The number of nitrogens with one attached hydrogen (secondary N) is 1. The van der Waals surface area contributed by atoms with Crippen molar-refractivity contribution in [3.63, 3.8) is 0 Å². The highest BCUT2D eigenvalue weighted by atomic mass is 16.5. The van der Waals surface area contributed by atoms with Crippen LogP contribution in [0.15, 0.2) is 12.3 Å². The van der Waals surface area contributed by atoms with Crippen LogP contribution in [0, 0.1) is 0 Å². The maximum atomic E-state index is 5.80. The largest absolute Gasteiger partial charge is 0.377 e. The number of methoxy groups -OCH3 is 1. The van der Waals surface area contributed by atoms with E-state index in [1.807, 2.05) is 25.0 Å². The van der Waals surface area contributed by atoms with Crippen LogP contribution in [-0.2, 0) is 18.2 Å². The minimum absolute atomic E-state index is 0.0780. The SMILES string of the molecule is CCNC(CCc1ccnn1C)C1(OC)CCC1. The molecular weight excluding hydrogens is 226 g/mol. The Balaban J connectivity index is 1.96. The predicted octanol–water partition coefficient (Wildman–Crippen LogP) is 1.90. The van der Waals surface area contributed by atoms with Crippen LogP contribution in [0.4, 0.5) is 0 Å². The topological polar surface area (TPSA) is 39.1 Å². The molecule has 1 saturated carbocycles. The van der Waals surface area contributed by atoms with Crippen LogP contribution in [0.5, 0.6) is 0 Å². The molecule has 1 aliphatic carbocycles. The third kappa shape index (κ3) is 2.59. The van der Waals surface area contributed by atoms with E-state index in [1.165, 1.54) is 25.0 Å². The van der Waals surface area contributed by atoms with Gasteiger partial charge in [-0.2, -0.15) is 5.10 Å². The fraction of sp³-hybridized carbons (Fsp3) is 0.786. The van der Waals surface area contributed by atoms with E-state index < -0.39 is 0 Å². The summed E-state index contributed by atoms with van der Waals surface area (Å²) in [6, 6.07) is 2.56. The van der Waals surface area contributed by atoms with Crippen molar-refractivity contribution in [2.45, 2.75) is 50.7 Å². The van der Waals surface area contributed by atoms with E-state index in [1.54, 1.807) is 0 Å². The first-order valence-corrected chi connectivity index (χ1v) is 6.97. The Morgan fingerprint density at radius 1 is 1.56 bits per heavy atom. The number of hydrogen-bond acceptors (Lipinski definition) is 3. The molecule has 1 heterocycles. The zero-order valence-corrected chi connectivity index (χ0v) is 11.8. The van der Waals surface area contributed by atoms with Gasteiger partial charge in [-0.1, -0.05) is 6.92 Å². The summed E-state index contributed by atoms with van der Waals surface area (Å²) in [5.41, 5.74) is 1.37. The van der Waals surface area contributed by atoms with E-state index in [9.17, 15) is 0 Å². The van der Waals surface area contributed by atoms with Gasteiger partial charge in [0.1, 0.15) is 0 Å². The van der Waals surface area contributed by atoms with Crippen LogP contribution >= 0.6 is 0 Å². The number of nitrogens with zero attached hydrogens (tertiary/aromatic N) is 2. The quantitative estimate of drug-likeness (QED) is 0.804. The Labute approximate surface area is 110 Å². The van der Waals surface area contributed by atoms with Gasteiger partial charge in [0.25, 0.3) is 0 Å². The Bertz CT molecular complexity index is 365. The molecule has 2 rings (SSSR count). The molecule has 1 aromatic rings. The number of aryl methyl sites for hydroxylation is 2. The van der Waals surface area contributed by atoms with E-state index in [4.69, 9.17) is 4.74 Å². The van der Waals surface area contributed by atoms with Gasteiger partial charge >= 0.3 is 0 Å². The molecule has 0 saturated heterocycles. The Kier molecular flexibility index (Phi) is 4.40. The summed E-state index contributed by atoms with van der Waals surface area (Å²) in [6.45, 7) is 3.17. The van der Waals surface area contributed by atoms with Gasteiger partial charge in [0.05, 0.1) is 5.60 Å². The summed E-state index contributed by atoms with van der Waals surface area (Å²) in [7, 11) is 3.86. The van der Waals surface area contributed by atoms with Crippen molar-refractivity contribution in [1.82, 2.24) is 15.1 Å². The molecule has 0 aliphatic heterocycles. The zero-order valence-electron chi connectivity index (χ0n) is 11.8. The molecule has 1 aliphatic rings. The third-order valence-corrected chi connectivity index (χ3v) is 4.30. The van der Waals surface area contributed by atoms with Gasteiger partial charge in [-0.15, -0.1) is 0 Å². The van der Waals surface area contributed by atoms with Crippen LogP contribution in [0.2, 0.25) is 0 Å². The van der Waals surface area contributed by atoms with E-state index in [-0.39, 0.29) is 5.60 Å². The van der Waals surface area contributed by atoms with Crippen molar-refractivity contribution in [2.24, 2.45) is 7.05 Å². The van der Waals surface area contributed by atoms with E-state index >= 15 is 0 Å². The molecule has 0 amide bonds. The second-order valence-corrected chi connectivity index (χ2v) is 5.22. The highest BCUT2D eigenvalue weighted by molar-refractivity contribution is 5.04. The molecule has 4 nitrogen and oxygen atoms in total. The second-order valence-electron chi connectivity index (χ2n) is 5.22. The fourth-order valence-electron chi connectivity index (χ4n) is 2.96. The molecule has 0 aromatic carbocycles. The van der Waals surface area contributed by atoms with Crippen LogP contribution in [0.25, 0.3) is 0 Å².